The van der Waals surface area contributed by atoms with Crippen LogP contribution in [0, 0.1) is 0 Å². The van der Waals surface area contributed by atoms with Crippen molar-refractivity contribution in [2.24, 2.45) is 0 Å². The molecule has 0 unspecified atom stereocenters. The first kappa shape index (κ1) is 21.4. The molecule has 3 rings (SSSR count). The summed E-state index contributed by atoms with van der Waals surface area (Å²) in [6.07, 6.45) is 2.85. The van der Waals surface area contributed by atoms with Crippen molar-refractivity contribution in [1.29, 1.82) is 0 Å². The molecule has 0 radical (unpaired) electrons. The van der Waals surface area contributed by atoms with E-state index >= 15 is 0 Å². The molecule has 0 bridgehead atoms. The summed E-state index contributed by atoms with van der Waals surface area (Å²) in [6.45, 7) is 1.80. The van der Waals surface area contributed by atoms with Crippen molar-refractivity contribution in [3.05, 3.63) is 52.2 Å². The summed E-state index contributed by atoms with van der Waals surface area (Å²) < 4.78 is 5.17. The predicted molar refractivity (Wildman–Crippen MR) is 114 cm³/mol. The number of nitrogens with one attached hydrogen (secondary N) is 1. The Morgan fingerprint density at radius 2 is 1.90 bits per heavy atom. The first-order valence-corrected chi connectivity index (χ1v) is 11.5. The van der Waals surface area contributed by atoms with Crippen LogP contribution < -0.4 is 5.32 Å². The molecule has 1 fully saturated rings. The number of likely N-dealkylation sites (tertiary alicyclic amines) is 1. The van der Waals surface area contributed by atoms with Crippen LogP contribution in [0.25, 0.3) is 0 Å². The van der Waals surface area contributed by atoms with E-state index in [0.29, 0.717) is 17.0 Å². The summed E-state index contributed by atoms with van der Waals surface area (Å²) in [6, 6.07) is 11.0. The highest BCUT2D eigenvalue weighted by Gasteiger charge is 2.20. The number of carbonyl (C=O) groups excluding carboxylic acids is 3. The van der Waals surface area contributed by atoms with Gasteiger partial charge in [-0.3, -0.25) is 9.59 Å². The molecule has 8 heteroatoms. The lowest BCUT2D eigenvalue weighted by Crippen LogP contribution is -2.30. The maximum atomic E-state index is 12.4. The van der Waals surface area contributed by atoms with E-state index in [0.717, 1.165) is 32.4 Å². The molecule has 0 saturated carbocycles. The highest BCUT2D eigenvalue weighted by atomic mass is 32.2. The second-order valence-electron chi connectivity index (χ2n) is 6.63. The number of nitrogens with zero attached hydrogens (tertiary/aromatic N) is 1. The number of hydrogen-bond acceptors (Lipinski definition) is 6. The number of carbonyl (C=O) groups is 3. The van der Waals surface area contributed by atoms with Crippen molar-refractivity contribution in [3.8, 4) is 0 Å². The van der Waals surface area contributed by atoms with Crippen molar-refractivity contribution in [3.63, 3.8) is 0 Å². The third kappa shape index (κ3) is 6.61. The minimum atomic E-state index is -0.560. The van der Waals surface area contributed by atoms with Gasteiger partial charge in [0.2, 0.25) is 5.91 Å². The Bertz CT molecular complexity index is 833. The lowest BCUT2D eigenvalue weighted by Gasteiger charge is -2.15. The highest BCUT2D eigenvalue weighted by Crippen LogP contribution is 2.24. The maximum absolute atomic E-state index is 12.4. The standard InChI is InChI=1S/C21H24N2O4S2/c24-19(22-10-9-16-6-5-13-28-16)14-27-21(26)17-7-1-2-8-18(17)29-15-20(25)23-11-3-4-12-23/h1-2,5-8,13H,3-4,9-12,14-15H2,(H,22,24). The van der Waals surface area contributed by atoms with Crippen LogP contribution in [0.15, 0.2) is 46.7 Å². The quantitative estimate of drug-likeness (QED) is 0.487. The van der Waals surface area contributed by atoms with Crippen molar-refractivity contribution >= 4 is 40.9 Å². The van der Waals surface area contributed by atoms with E-state index in [1.807, 2.05) is 28.5 Å². The van der Waals surface area contributed by atoms with Crippen LogP contribution in [0.1, 0.15) is 28.1 Å². The Labute approximate surface area is 178 Å². The molecule has 6 nitrogen and oxygen atoms in total. The molecule has 2 aromatic rings. The molecule has 1 N–H and O–H groups in total. The Morgan fingerprint density at radius 3 is 2.66 bits per heavy atom. The van der Waals surface area contributed by atoms with Crippen LogP contribution in [-0.4, -0.2) is 54.7 Å². The van der Waals surface area contributed by atoms with Gasteiger partial charge < -0.3 is 15.0 Å². The van der Waals surface area contributed by atoms with Gasteiger partial charge in [-0.1, -0.05) is 18.2 Å². The van der Waals surface area contributed by atoms with Gasteiger partial charge in [-0.25, -0.2) is 4.79 Å². The van der Waals surface area contributed by atoms with Crippen molar-refractivity contribution < 1.29 is 19.1 Å². The van der Waals surface area contributed by atoms with Gasteiger partial charge in [0.25, 0.3) is 5.91 Å². The molecule has 1 aliphatic rings. The molecular formula is C21H24N2O4S2. The average molecular weight is 433 g/mol. The maximum Gasteiger partial charge on any atom is 0.339 e. The molecule has 0 aliphatic carbocycles. The molecule has 1 aromatic carbocycles. The molecule has 1 saturated heterocycles. The Kier molecular flexibility index (Phi) is 8.13. The zero-order valence-corrected chi connectivity index (χ0v) is 17.7. The number of ether oxygens (including phenoxy) is 1. The number of thioether (sulfide) groups is 1. The van der Waals surface area contributed by atoms with Gasteiger partial charge in [-0.15, -0.1) is 23.1 Å². The summed E-state index contributed by atoms with van der Waals surface area (Å²) in [7, 11) is 0. The fourth-order valence-corrected chi connectivity index (χ4v) is 4.65. The van der Waals surface area contributed by atoms with Gasteiger partial charge >= 0.3 is 5.97 Å². The summed E-state index contributed by atoms with van der Waals surface area (Å²) in [5, 5.41) is 4.74. The van der Waals surface area contributed by atoms with Gasteiger partial charge in [0.1, 0.15) is 0 Å². The van der Waals surface area contributed by atoms with E-state index in [-0.39, 0.29) is 24.2 Å². The topological polar surface area (TPSA) is 75.7 Å². The lowest BCUT2D eigenvalue weighted by atomic mass is 10.2. The van der Waals surface area contributed by atoms with Gasteiger partial charge in [-0.05, 0) is 42.8 Å². The zero-order chi connectivity index (χ0) is 20.5. The predicted octanol–water partition coefficient (Wildman–Crippen LogP) is 2.98. The third-order valence-electron chi connectivity index (χ3n) is 4.52. The molecule has 2 heterocycles. The third-order valence-corrected chi connectivity index (χ3v) is 6.52. The largest absolute Gasteiger partial charge is 0.452 e. The summed E-state index contributed by atoms with van der Waals surface area (Å²) in [4.78, 5) is 40.3. The lowest BCUT2D eigenvalue weighted by molar-refractivity contribution is -0.127. The van der Waals surface area contributed by atoms with Gasteiger partial charge in [-0.2, -0.15) is 0 Å². The summed E-state index contributed by atoms with van der Waals surface area (Å²) in [5.74, 6) is -0.520. The Hall–Kier alpha value is -2.32. The molecule has 1 aliphatic heterocycles. The summed E-state index contributed by atoms with van der Waals surface area (Å²) >= 11 is 2.97. The van der Waals surface area contributed by atoms with Gasteiger partial charge in [0, 0.05) is 29.4 Å². The second kappa shape index (κ2) is 11.0. The van der Waals surface area contributed by atoms with Gasteiger partial charge in [0.15, 0.2) is 6.61 Å². The smallest absolute Gasteiger partial charge is 0.339 e. The fraction of sp³-hybridized carbons (Fsp3) is 0.381. The minimum Gasteiger partial charge on any atom is -0.452 e. The highest BCUT2D eigenvalue weighted by molar-refractivity contribution is 8.00. The molecule has 0 atom stereocenters. The molecule has 1 aromatic heterocycles. The molecule has 2 amide bonds. The zero-order valence-electron chi connectivity index (χ0n) is 16.1. The second-order valence-corrected chi connectivity index (χ2v) is 8.68. The number of hydrogen-bond donors (Lipinski definition) is 1. The molecule has 29 heavy (non-hydrogen) atoms. The fourth-order valence-electron chi connectivity index (χ4n) is 3.00. The SMILES string of the molecule is O=C(COC(=O)c1ccccc1SCC(=O)N1CCCC1)NCCc1cccs1. The van der Waals surface area contributed by atoms with Crippen molar-refractivity contribution in [2.75, 3.05) is 32.0 Å². The molecular weight excluding hydrogens is 408 g/mol. The minimum absolute atomic E-state index is 0.0841. The van der Waals surface area contributed by atoms with E-state index in [1.54, 1.807) is 29.5 Å². The molecule has 0 spiro atoms. The van der Waals surface area contributed by atoms with Gasteiger partial charge in [0.05, 0.1) is 11.3 Å². The van der Waals surface area contributed by atoms with Crippen LogP contribution in [0.5, 0.6) is 0 Å². The summed E-state index contributed by atoms with van der Waals surface area (Å²) in [5.41, 5.74) is 0.373. The van der Waals surface area contributed by atoms with E-state index in [4.69, 9.17) is 4.74 Å². The molecule has 154 valence electrons. The Morgan fingerprint density at radius 1 is 1.10 bits per heavy atom. The van der Waals surface area contributed by atoms with E-state index in [2.05, 4.69) is 5.32 Å². The van der Waals surface area contributed by atoms with Crippen LogP contribution in [-0.2, 0) is 20.7 Å². The van der Waals surface area contributed by atoms with Crippen LogP contribution in [0.3, 0.4) is 0 Å². The monoisotopic (exact) mass is 432 g/mol. The van der Waals surface area contributed by atoms with Crippen LogP contribution in [0.2, 0.25) is 0 Å². The number of thiophene rings is 1. The van der Waals surface area contributed by atoms with Crippen molar-refractivity contribution in [1.82, 2.24) is 10.2 Å². The normalized spacial score (nSPS) is 13.3. The average Bonchev–Trinajstić information content (AvgIpc) is 3.44. The first-order chi connectivity index (χ1) is 14.1. The number of amides is 2. The van der Waals surface area contributed by atoms with Crippen LogP contribution in [0.4, 0.5) is 0 Å². The van der Waals surface area contributed by atoms with E-state index < -0.39 is 5.97 Å². The van der Waals surface area contributed by atoms with Crippen LogP contribution >= 0.6 is 23.1 Å². The van der Waals surface area contributed by atoms with E-state index in [1.165, 1.54) is 16.6 Å². The number of benzene rings is 1. The Balaban J connectivity index is 1.44. The van der Waals surface area contributed by atoms with E-state index in [9.17, 15) is 14.4 Å². The van der Waals surface area contributed by atoms with Crippen molar-refractivity contribution in [2.45, 2.75) is 24.2 Å². The number of esters is 1. The first-order valence-electron chi connectivity index (χ1n) is 9.59. The number of rotatable bonds is 9.